The molecule has 2 aromatic rings. The quantitative estimate of drug-likeness (QED) is 0.937. The molecule has 0 bridgehead atoms. The average molecular weight is 335 g/mol. The van der Waals surface area contributed by atoms with E-state index in [-0.39, 0.29) is 6.03 Å². The number of nitrogens with one attached hydrogen (secondary N) is 1. The van der Waals surface area contributed by atoms with Crippen molar-refractivity contribution in [1.82, 2.24) is 15.0 Å². The van der Waals surface area contributed by atoms with Crippen molar-refractivity contribution in [2.24, 2.45) is 0 Å². The maximum absolute atomic E-state index is 12.2. The molecule has 1 fully saturated rings. The van der Waals surface area contributed by atoms with Crippen molar-refractivity contribution in [1.29, 1.82) is 0 Å². The molecule has 0 radical (unpaired) electrons. The Bertz CT molecular complexity index is 680. The smallest absolute Gasteiger partial charge is 0.323 e. The summed E-state index contributed by atoms with van der Waals surface area (Å²) in [5.74, 6) is 1.12. The van der Waals surface area contributed by atoms with Crippen LogP contribution in [0.3, 0.4) is 0 Å². The summed E-state index contributed by atoms with van der Waals surface area (Å²) in [6.45, 7) is 5.57. The lowest BCUT2D eigenvalue weighted by atomic mass is 10.2. The van der Waals surface area contributed by atoms with Gasteiger partial charge < -0.3 is 9.42 Å². The van der Waals surface area contributed by atoms with Crippen LogP contribution in [0.15, 0.2) is 34.9 Å². The van der Waals surface area contributed by atoms with Crippen LogP contribution in [0.1, 0.15) is 11.3 Å². The Hall–Kier alpha value is -2.05. The molecule has 7 heteroatoms. The first-order valence-electron chi connectivity index (χ1n) is 7.57. The number of benzene rings is 1. The van der Waals surface area contributed by atoms with E-state index in [2.05, 4.69) is 15.4 Å². The van der Waals surface area contributed by atoms with Gasteiger partial charge in [0.15, 0.2) is 5.82 Å². The predicted molar refractivity (Wildman–Crippen MR) is 88.6 cm³/mol. The number of hydrogen-bond donors (Lipinski definition) is 1. The fraction of sp³-hybridized carbons (Fsp3) is 0.375. The van der Waals surface area contributed by atoms with Crippen molar-refractivity contribution in [2.75, 3.05) is 31.5 Å². The van der Waals surface area contributed by atoms with Crippen LogP contribution in [0.2, 0.25) is 5.02 Å². The molecule has 0 saturated carbocycles. The fourth-order valence-electron chi connectivity index (χ4n) is 2.59. The molecule has 2 heterocycles. The SMILES string of the molecule is Cc1cc(NC(=O)N2CCN(Cc3ccccc3Cl)CC2)no1. The van der Waals surface area contributed by atoms with Gasteiger partial charge in [0.1, 0.15) is 5.76 Å². The number of amides is 2. The highest BCUT2D eigenvalue weighted by atomic mass is 35.5. The van der Waals surface area contributed by atoms with E-state index >= 15 is 0 Å². The van der Waals surface area contributed by atoms with Gasteiger partial charge in [-0.3, -0.25) is 10.2 Å². The minimum absolute atomic E-state index is 0.143. The molecule has 1 aromatic heterocycles. The van der Waals surface area contributed by atoms with Gasteiger partial charge in [0.05, 0.1) is 0 Å². The lowest BCUT2D eigenvalue weighted by Gasteiger charge is -2.34. The first-order valence-corrected chi connectivity index (χ1v) is 7.94. The van der Waals surface area contributed by atoms with Crippen molar-refractivity contribution in [2.45, 2.75) is 13.5 Å². The Balaban J connectivity index is 1.50. The summed E-state index contributed by atoms with van der Waals surface area (Å²) in [6.07, 6.45) is 0. The van der Waals surface area contributed by atoms with Crippen LogP contribution in [0, 0.1) is 6.92 Å². The number of halogens is 1. The van der Waals surface area contributed by atoms with Gasteiger partial charge in [-0.05, 0) is 18.6 Å². The van der Waals surface area contributed by atoms with Crippen molar-refractivity contribution in [3.63, 3.8) is 0 Å². The molecule has 6 nitrogen and oxygen atoms in total. The molecule has 1 N–H and O–H groups in total. The van der Waals surface area contributed by atoms with E-state index in [1.807, 2.05) is 24.3 Å². The van der Waals surface area contributed by atoms with E-state index in [0.29, 0.717) is 24.7 Å². The summed E-state index contributed by atoms with van der Waals surface area (Å²) in [5.41, 5.74) is 1.12. The van der Waals surface area contributed by atoms with Gasteiger partial charge in [0.2, 0.25) is 0 Å². The summed E-state index contributed by atoms with van der Waals surface area (Å²) in [5, 5.41) is 7.31. The molecule has 0 unspecified atom stereocenters. The Morgan fingerprint density at radius 3 is 2.70 bits per heavy atom. The lowest BCUT2D eigenvalue weighted by Crippen LogP contribution is -2.49. The van der Waals surface area contributed by atoms with Gasteiger partial charge in [-0.2, -0.15) is 0 Å². The highest BCUT2D eigenvalue weighted by Crippen LogP contribution is 2.18. The number of nitrogens with zero attached hydrogens (tertiary/aromatic N) is 3. The van der Waals surface area contributed by atoms with E-state index in [1.54, 1.807) is 17.9 Å². The van der Waals surface area contributed by atoms with Crippen molar-refractivity contribution >= 4 is 23.4 Å². The molecule has 122 valence electrons. The van der Waals surface area contributed by atoms with Crippen LogP contribution in [-0.2, 0) is 6.54 Å². The zero-order valence-corrected chi connectivity index (χ0v) is 13.7. The van der Waals surface area contributed by atoms with Gasteiger partial charge in [-0.1, -0.05) is 35.0 Å². The van der Waals surface area contributed by atoms with Gasteiger partial charge in [-0.15, -0.1) is 0 Å². The van der Waals surface area contributed by atoms with E-state index in [4.69, 9.17) is 16.1 Å². The fourth-order valence-corrected chi connectivity index (χ4v) is 2.79. The number of urea groups is 1. The molecule has 1 aliphatic rings. The molecular formula is C16H19ClN4O2. The van der Waals surface area contributed by atoms with E-state index in [0.717, 1.165) is 30.2 Å². The topological polar surface area (TPSA) is 61.6 Å². The number of anilines is 1. The Morgan fingerprint density at radius 1 is 1.30 bits per heavy atom. The molecular weight excluding hydrogens is 316 g/mol. The average Bonchev–Trinajstić information content (AvgIpc) is 2.95. The Kier molecular flexibility index (Phi) is 4.83. The molecule has 23 heavy (non-hydrogen) atoms. The van der Waals surface area contributed by atoms with E-state index in [9.17, 15) is 4.79 Å². The first kappa shape index (κ1) is 15.8. The lowest BCUT2D eigenvalue weighted by molar-refractivity contribution is 0.143. The summed E-state index contributed by atoms with van der Waals surface area (Å²) < 4.78 is 4.94. The zero-order chi connectivity index (χ0) is 16.2. The largest absolute Gasteiger partial charge is 0.360 e. The molecule has 3 rings (SSSR count). The van der Waals surface area contributed by atoms with Crippen molar-refractivity contribution < 1.29 is 9.32 Å². The normalized spacial score (nSPS) is 15.7. The third-order valence-corrected chi connectivity index (χ3v) is 4.24. The number of carbonyl (C=O) groups is 1. The second kappa shape index (κ2) is 7.02. The number of rotatable bonds is 3. The summed E-state index contributed by atoms with van der Waals surface area (Å²) >= 11 is 6.20. The van der Waals surface area contributed by atoms with Crippen LogP contribution >= 0.6 is 11.6 Å². The molecule has 0 spiro atoms. The number of piperazine rings is 1. The van der Waals surface area contributed by atoms with Crippen LogP contribution in [0.4, 0.5) is 10.6 Å². The number of aromatic nitrogens is 1. The summed E-state index contributed by atoms with van der Waals surface area (Å²) in [6, 6.07) is 9.42. The molecule has 1 aromatic carbocycles. The van der Waals surface area contributed by atoms with Crippen LogP contribution < -0.4 is 5.32 Å². The minimum Gasteiger partial charge on any atom is -0.360 e. The highest BCUT2D eigenvalue weighted by Gasteiger charge is 2.22. The molecule has 1 aliphatic heterocycles. The van der Waals surface area contributed by atoms with Gasteiger partial charge in [-0.25, -0.2) is 4.79 Å². The van der Waals surface area contributed by atoms with Gasteiger partial charge in [0, 0.05) is 43.8 Å². The second-order valence-electron chi connectivity index (χ2n) is 5.61. The van der Waals surface area contributed by atoms with Crippen LogP contribution in [0.25, 0.3) is 0 Å². The van der Waals surface area contributed by atoms with Crippen molar-refractivity contribution in [3.8, 4) is 0 Å². The number of hydrogen-bond acceptors (Lipinski definition) is 4. The second-order valence-corrected chi connectivity index (χ2v) is 6.01. The van der Waals surface area contributed by atoms with Crippen LogP contribution in [-0.4, -0.2) is 47.2 Å². The Morgan fingerprint density at radius 2 is 2.04 bits per heavy atom. The first-order chi connectivity index (χ1) is 11.1. The van der Waals surface area contributed by atoms with Crippen molar-refractivity contribution in [3.05, 3.63) is 46.7 Å². The number of aryl methyl sites for hydroxylation is 1. The van der Waals surface area contributed by atoms with Crippen LogP contribution in [0.5, 0.6) is 0 Å². The standard InChI is InChI=1S/C16H19ClN4O2/c1-12-10-15(19-23-12)18-16(22)21-8-6-20(7-9-21)11-13-4-2-3-5-14(13)17/h2-5,10H,6-9,11H2,1H3,(H,18,19,22). The minimum atomic E-state index is -0.143. The predicted octanol–water partition coefficient (Wildman–Crippen LogP) is 2.99. The third-order valence-electron chi connectivity index (χ3n) is 3.87. The molecule has 2 amide bonds. The Labute approximate surface area is 140 Å². The third kappa shape index (κ3) is 4.03. The summed E-state index contributed by atoms with van der Waals surface area (Å²) in [7, 11) is 0. The van der Waals surface area contributed by atoms with Gasteiger partial charge in [0.25, 0.3) is 0 Å². The molecule has 1 saturated heterocycles. The summed E-state index contributed by atoms with van der Waals surface area (Å²) in [4.78, 5) is 16.3. The molecule has 0 atom stereocenters. The van der Waals surface area contributed by atoms with E-state index in [1.165, 1.54) is 0 Å². The maximum atomic E-state index is 12.2. The highest BCUT2D eigenvalue weighted by molar-refractivity contribution is 6.31. The molecule has 0 aliphatic carbocycles. The van der Waals surface area contributed by atoms with E-state index < -0.39 is 0 Å². The zero-order valence-electron chi connectivity index (χ0n) is 13.0. The maximum Gasteiger partial charge on any atom is 0.323 e. The monoisotopic (exact) mass is 334 g/mol. The van der Waals surface area contributed by atoms with Gasteiger partial charge >= 0.3 is 6.03 Å². The number of carbonyl (C=O) groups excluding carboxylic acids is 1.